The largest absolute Gasteiger partial charge is 0.369 e. The molecule has 0 aromatic heterocycles. The van der Waals surface area contributed by atoms with Crippen molar-refractivity contribution in [2.75, 3.05) is 18.0 Å². The van der Waals surface area contributed by atoms with E-state index >= 15 is 0 Å². The zero-order chi connectivity index (χ0) is 13.5. The van der Waals surface area contributed by atoms with Crippen molar-refractivity contribution >= 4 is 5.69 Å². The van der Waals surface area contributed by atoms with E-state index in [2.05, 4.69) is 49.9 Å². The van der Waals surface area contributed by atoms with E-state index in [0.29, 0.717) is 25.9 Å². The summed E-state index contributed by atoms with van der Waals surface area (Å²) in [6.45, 7) is 7.62. The molecule has 3 heteroatoms. The normalized spacial score (nSPS) is 9.61. The first-order valence-corrected chi connectivity index (χ1v) is 6.17. The lowest BCUT2D eigenvalue weighted by atomic mass is 10.0. The van der Waals surface area contributed by atoms with Gasteiger partial charge >= 0.3 is 0 Å². The first-order chi connectivity index (χ1) is 8.60. The molecule has 0 fully saturated rings. The molecule has 1 aromatic carbocycles. The number of nitriles is 2. The molecule has 3 nitrogen and oxygen atoms in total. The highest BCUT2D eigenvalue weighted by Gasteiger charge is 2.12. The summed E-state index contributed by atoms with van der Waals surface area (Å²) in [6.07, 6.45) is 0.969. The molecule has 0 aliphatic rings. The molecule has 1 aromatic rings. The van der Waals surface area contributed by atoms with E-state index in [1.807, 2.05) is 0 Å². The molecule has 0 saturated carbocycles. The average Bonchev–Trinajstić information content (AvgIpc) is 2.30. The van der Waals surface area contributed by atoms with E-state index in [4.69, 9.17) is 10.5 Å². The summed E-state index contributed by atoms with van der Waals surface area (Å²) in [5.74, 6) is 0. The van der Waals surface area contributed by atoms with Crippen LogP contribution in [0.1, 0.15) is 29.5 Å². The van der Waals surface area contributed by atoms with Gasteiger partial charge in [-0.2, -0.15) is 10.5 Å². The van der Waals surface area contributed by atoms with Crippen LogP contribution in [0.25, 0.3) is 0 Å². The third kappa shape index (κ3) is 3.50. The van der Waals surface area contributed by atoms with Crippen molar-refractivity contribution in [2.24, 2.45) is 0 Å². The number of hydrogen-bond acceptors (Lipinski definition) is 3. The Hall–Kier alpha value is -2.00. The van der Waals surface area contributed by atoms with Gasteiger partial charge < -0.3 is 4.90 Å². The number of anilines is 1. The van der Waals surface area contributed by atoms with Gasteiger partial charge in [0, 0.05) is 18.8 Å². The molecule has 94 valence electrons. The van der Waals surface area contributed by atoms with Crippen molar-refractivity contribution in [2.45, 2.75) is 33.6 Å². The van der Waals surface area contributed by atoms with Crippen LogP contribution in [-0.4, -0.2) is 13.1 Å². The molecule has 0 saturated heterocycles. The fourth-order valence-corrected chi connectivity index (χ4v) is 2.38. The number of rotatable bonds is 5. The standard InChI is InChI=1S/C15H19N3/c1-12-10-13(2)15(14(3)11-12)18(8-4-6-16)9-5-7-17/h10-11H,4-5,8-9H2,1-3H3. The van der Waals surface area contributed by atoms with E-state index in [1.165, 1.54) is 22.4 Å². The van der Waals surface area contributed by atoms with Crippen molar-refractivity contribution in [1.29, 1.82) is 10.5 Å². The first-order valence-electron chi connectivity index (χ1n) is 6.17. The molecule has 1 rings (SSSR count). The van der Waals surface area contributed by atoms with E-state index in [9.17, 15) is 0 Å². The fraction of sp³-hybridized carbons (Fsp3) is 0.467. The Morgan fingerprint density at radius 3 is 1.78 bits per heavy atom. The number of hydrogen-bond donors (Lipinski definition) is 0. The summed E-state index contributed by atoms with van der Waals surface area (Å²) in [6, 6.07) is 8.63. The Balaban J connectivity index is 3.05. The average molecular weight is 241 g/mol. The van der Waals surface area contributed by atoms with Gasteiger partial charge in [0.15, 0.2) is 0 Å². The van der Waals surface area contributed by atoms with Gasteiger partial charge in [-0.05, 0) is 31.9 Å². The van der Waals surface area contributed by atoms with Crippen LogP contribution in [0.5, 0.6) is 0 Å². The second-order valence-corrected chi connectivity index (χ2v) is 4.55. The van der Waals surface area contributed by atoms with Crippen molar-refractivity contribution < 1.29 is 0 Å². The summed E-state index contributed by atoms with van der Waals surface area (Å²) in [4.78, 5) is 2.15. The molecule has 0 atom stereocenters. The van der Waals surface area contributed by atoms with Crippen LogP contribution in [0.2, 0.25) is 0 Å². The highest BCUT2D eigenvalue weighted by molar-refractivity contribution is 5.60. The number of aryl methyl sites for hydroxylation is 3. The second kappa shape index (κ2) is 6.67. The molecule has 0 amide bonds. The van der Waals surface area contributed by atoms with Crippen LogP contribution >= 0.6 is 0 Å². The topological polar surface area (TPSA) is 50.8 Å². The van der Waals surface area contributed by atoms with Gasteiger partial charge in [0.2, 0.25) is 0 Å². The van der Waals surface area contributed by atoms with E-state index < -0.39 is 0 Å². The molecule has 0 unspecified atom stereocenters. The quantitative estimate of drug-likeness (QED) is 0.795. The minimum absolute atomic E-state index is 0.484. The maximum Gasteiger partial charge on any atom is 0.0640 e. The molecular weight excluding hydrogens is 222 g/mol. The van der Waals surface area contributed by atoms with Crippen LogP contribution in [-0.2, 0) is 0 Å². The fourth-order valence-electron chi connectivity index (χ4n) is 2.38. The smallest absolute Gasteiger partial charge is 0.0640 e. The van der Waals surface area contributed by atoms with Crippen molar-refractivity contribution in [3.8, 4) is 12.1 Å². The molecule has 0 heterocycles. The highest BCUT2D eigenvalue weighted by Crippen LogP contribution is 2.26. The molecule has 0 radical (unpaired) electrons. The van der Waals surface area contributed by atoms with Gasteiger partial charge in [0.25, 0.3) is 0 Å². The van der Waals surface area contributed by atoms with Crippen LogP contribution in [0.15, 0.2) is 12.1 Å². The van der Waals surface area contributed by atoms with Crippen LogP contribution in [0, 0.1) is 43.4 Å². The van der Waals surface area contributed by atoms with Gasteiger partial charge in [-0.25, -0.2) is 0 Å². The van der Waals surface area contributed by atoms with Crippen LogP contribution in [0.3, 0.4) is 0 Å². The Morgan fingerprint density at radius 1 is 0.944 bits per heavy atom. The monoisotopic (exact) mass is 241 g/mol. The molecule has 18 heavy (non-hydrogen) atoms. The summed E-state index contributed by atoms with van der Waals surface area (Å²) in [7, 11) is 0. The third-order valence-electron chi connectivity index (χ3n) is 2.94. The summed E-state index contributed by atoms with van der Waals surface area (Å²) in [5, 5.41) is 17.5. The van der Waals surface area contributed by atoms with Gasteiger partial charge in [-0.3, -0.25) is 0 Å². The molecule has 0 spiro atoms. The SMILES string of the molecule is Cc1cc(C)c(N(CCC#N)CCC#N)c(C)c1. The van der Waals surface area contributed by atoms with Gasteiger partial charge in [-0.15, -0.1) is 0 Å². The predicted molar refractivity (Wildman–Crippen MR) is 73.3 cm³/mol. The van der Waals surface area contributed by atoms with E-state index in [1.54, 1.807) is 0 Å². The van der Waals surface area contributed by atoms with Crippen LogP contribution < -0.4 is 4.90 Å². The highest BCUT2D eigenvalue weighted by atomic mass is 15.1. The van der Waals surface area contributed by atoms with Crippen LogP contribution in [0.4, 0.5) is 5.69 Å². The predicted octanol–water partition coefficient (Wildman–Crippen LogP) is 3.25. The third-order valence-corrected chi connectivity index (χ3v) is 2.94. The Bertz CT molecular complexity index is 450. The van der Waals surface area contributed by atoms with Crippen molar-refractivity contribution in [1.82, 2.24) is 0 Å². The minimum atomic E-state index is 0.484. The Labute approximate surface area is 109 Å². The zero-order valence-corrected chi connectivity index (χ0v) is 11.3. The van der Waals surface area contributed by atoms with Crippen molar-refractivity contribution in [3.05, 3.63) is 28.8 Å². The molecule has 0 aliphatic carbocycles. The van der Waals surface area contributed by atoms with Gasteiger partial charge in [-0.1, -0.05) is 17.7 Å². The lowest BCUT2D eigenvalue weighted by Crippen LogP contribution is -2.27. The van der Waals surface area contributed by atoms with Gasteiger partial charge in [0.1, 0.15) is 0 Å². The molecule has 0 aliphatic heterocycles. The number of nitrogens with zero attached hydrogens (tertiary/aromatic N) is 3. The Morgan fingerprint density at radius 2 is 1.39 bits per heavy atom. The molecular formula is C15H19N3. The van der Waals surface area contributed by atoms with Gasteiger partial charge in [0.05, 0.1) is 25.0 Å². The maximum absolute atomic E-state index is 8.73. The molecule has 0 N–H and O–H groups in total. The molecule has 0 bridgehead atoms. The van der Waals surface area contributed by atoms with E-state index in [0.717, 1.165) is 0 Å². The maximum atomic E-state index is 8.73. The number of benzene rings is 1. The zero-order valence-electron chi connectivity index (χ0n) is 11.3. The summed E-state index contributed by atoms with van der Waals surface area (Å²) in [5.41, 5.74) is 4.84. The summed E-state index contributed by atoms with van der Waals surface area (Å²) < 4.78 is 0. The second-order valence-electron chi connectivity index (χ2n) is 4.55. The van der Waals surface area contributed by atoms with E-state index in [-0.39, 0.29) is 0 Å². The van der Waals surface area contributed by atoms with Crippen molar-refractivity contribution in [3.63, 3.8) is 0 Å². The summed E-state index contributed by atoms with van der Waals surface area (Å²) >= 11 is 0. The lowest BCUT2D eigenvalue weighted by Gasteiger charge is -2.27. The first kappa shape index (κ1) is 14.1. The Kier molecular flexibility index (Phi) is 5.21. The minimum Gasteiger partial charge on any atom is -0.369 e. The lowest BCUT2D eigenvalue weighted by molar-refractivity contribution is 0.790.